The summed E-state index contributed by atoms with van der Waals surface area (Å²) in [5, 5.41) is 7.96. The minimum atomic E-state index is -0.493. The highest BCUT2D eigenvalue weighted by Crippen LogP contribution is 2.24. The summed E-state index contributed by atoms with van der Waals surface area (Å²) in [6, 6.07) is 13.2. The lowest BCUT2D eigenvalue weighted by Gasteiger charge is -2.10. The number of hydrogen-bond donors (Lipinski definition) is 2. The van der Waals surface area contributed by atoms with Crippen LogP contribution in [0.25, 0.3) is 10.9 Å². The molecule has 2 aromatic heterocycles. The number of benzene rings is 2. The van der Waals surface area contributed by atoms with Gasteiger partial charge in [-0.05, 0) is 26.0 Å². The van der Waals surface area contributed by atoms with Crippen molar-refractivity contribution in [2.75, 3.05) is 5.32 Å². The quantitative estimate of drug-likeness (QED) is 0.508. The molecule has 2 aromatic carbocycles. The third kappa shape index (κ3) is 3.59. The molecule has 0 atom stereocenters. The SMILES string of the molecule is Cc1nn(Cc2cccc(Cl)c2F)c(C)c1NC(=O)c1cc(=O)[nH]c2ccccc12. The van der Waals surface area contributed by atoms with Gasteiger partial charge in [0.25, 0.3) is 5.91 Å². The Balaban J connectivity index is 1.67. The fourth-order valence-electron chi connectivity index (χ4n) is 3.44. The van der Waals surface area contributed by atoms with Crippen molar-refractivity contribution in [2.24, 2.45) is 0 Å². The van der Waals surface area contributed by atoms with Crippen LogP contribution in [-0.4, -0.2) is 20.7 Å². The Morgan fingerprint density at radius 2 is 1.97 bits per heavy atom. The van der Waals surface area contributed by atoms with Crippen LogP contribution in [0.5, 0.6) is 0 Å². The highest BCUT2D eigenvalue weighted by Gasteiger charge is 2.18. The largest absolute Gasteiger partial charge is 0.322 e. The van der Waals surface area contributed by atoms with Gasteiger partial charge < -0.3 is 10.3 Å². The lowest BCUT2D eigenvalue weighted by atomic mass is 10.1. The Kier molecular flexibility index (Phi) is 5.13. The maximum Gasteiger partial charge on any atom is 0.256 e. The highest BCUT2D eigenvalue weighted by molar-refractivity contribution is 6.30. The summed E-state index contributed by atoms with van der Waals surface area (Å²) in [5.74, 6) is -0.913. The van der Waals surface area contributed by atoms with Gasteiger partial charge in [0.1, 0.15) is 5.82 Å². The number of para-hydroxylation sites is 1. The first-order chi connectivity index (χ1) is 14.3. The number of nitrogens with zero attached hydrogens (tertiary/aromatic N) is 2. The molecule has 0 fully saturated rings. The van der Waals surface area contributed by atoms with Crippen molar-refractivity contribution >= 4 is 34.1 Å². The number of hydrogen-bond acceptors (Lipinski definition) is 3. The van der Waals surface area contributed by atoms with Gasteiger partial charge in [-0.1, -0.05) is 41.9 Å². The van der Waals surface area contributed by atoms with Gasteiger partial charge in [-0.25, -0.2) is 4.39 Å². The summed E-state index contributed by atoms with van der Waals surface area (Å²) >= 11 is 5.86. The van der Waals surface area contributed by atoms with E-state index in [1.165, 1.54) is 12.1 Å². The number of aryl methyl sites for hydroxylation is 1. The number of halogens is 2. The predicted molar refractivity (Wildman–Crippen MR) is 115 cm³/mol. The van der Waals surface area contributed by atoms with Gasteiger partial charge in [0, 0.05) is 22.5 Å². The molecule has 152 valence electrons. The van der Waals surface area contributed by atoms with E-state index in [1.54, 1.807) is 54.9 Å². The van der Waals surface area contributed by atoms with Gasteiger partial charge in [0.15, 0.2) is 0 Å². The number of nitrogens with one attached hydrogen (secondary N) is 2. The summed E-state index contributed by atoms with van der Waals surface area (Å²) < 4.78 is 15.9. The first kappa shape index (κ1) is 19.8. The Morgan fingerprint density at radius 3 is 2.77 bits per heavy atom. The molecule has 0 aliphatic rings. The lowest BCUT2D eigenvalue weighted by molar-refractivity contribution is 0.102. The molecule has 4 rings (SSSR count). The number of fused-ring (bicyclic) bond motifs is 1. The number of carbonyl (C=O) groups excluding carboxylic acids is 1. The standard InChI is InChI=1S/C22H18ClFN4O2/c1-12-21(13(2)28(27-12)11-14-6-5-8-17(23)20(14)24)26-22(30)16-10-19(29)25-18-9-4-3-7-15(16)18/h3-10H,11H2,1-2H3,(H,25,29)(H,26,30). The maximum absolute atomic E-state index is 14.3. The predicted octanol–water partition coefficient (Wildman–Crippen LogP) is 4.43. The van der Waals surface area contributed by atoms with E-state index in [0.717, 1.165) is 0 Å². The Bertz CT molecular complexity index is 1340. The van der Waals surface area contributed by atoms with Crippen LogP contribution in [0.3, 0.4) is 0 Å². The molecule has 0 saturated heterocycles. The number of aromatic amines is 1. The number of H-pyrrole nitrogens is 1. The number of pyridine rings is 1. The average Bonchev–Trinajstić information content (AvgIpc) is 2.98. The van der Waals surface area contributed by atoms with E-state index in [-0.39, 0.29) is 22.7 Å². The zero-order valence-corrected chi connectivity index (χ0v) is 17.0. The molecule has 2 N–H and O–H groups in total. The zero-order chi connectivity index (χ0) is 21.4. The molecular weight excluding hydrogens is 407 g/mol. The molecule has 0 aliphatic heterocycles. The molecule has 1 amide bonds. The van der Waals surface area contributed by atoms with E-state index >= 15 is 0 Å². The van der Waals surface area contributed by atoms with Crippen molar-refractivity contribution in [2.45, 2.75) is 20.4 Å². The molecule has 0 spiro atoms. The summed E-state index contributed by atoms with van der Waals surface area (Å²) in [4.78, 5) is 27.7. The normalized spacial score (nSPS) is 11.1. The second-order valence-corrected chi connectivity index (χ2v) is 7.37. The van der Waals surface area contributed by atoms with Crippen molar-refractivity contribution < 1.29 is 9.18 Å². The first-order valence-corrected chi connectivity index (χ1v) is 9.63. The molecule has 0 bridgehead atoms. The number of carbonyl (C=O) groups is 1. The van der Waals surface area contributed by atoms with Gasteiger partial charge >= 0.3 is 0 Å². The second-order valence-electron chi connectivity index (χ2n) is 6.96. The van der Waals surface area contributed by atoms with Crippen LogP contribution in [0, 0.1) is 19.7 Å². The summed E-state index contributed by atoms with van der Waals surface area (Å²) in [6.45, 7) is 3.71. The monoisotopic (exact) mass is 424 g/mol. The lowest BCUT2D eigenvalue weighted by Crippen LogP contribution is -2.17. The molecule has 0 radical (unpaired) electrons. The molecule has 6 nitrogen and oxygen atoms in total. The number of rotatable bonds is 4. The fraction of sp³-hybridized carbons (Fsp3) is 0.136. The van der Waals surface area contributed by atoms with Gasteiger partial charge in [-0.2, -0.15) is 5.10 Å². The van der Waals surface area contributed by atoms with E-state index in [1.807, 2.05) is 0 Å². The molecule has 30 heavy (non-hydrogen) atoms. The molecule has 0 unspecified atom stereocenters. The molecular formula is C22H18ClFN4O2. The topological polar surface area (TPSA) is 79.8 Å². The first-order valence-electron chi connectivity index (χ1n) is 9.25. The van der Waals surface area contributed by atoms with Crippen LogP contribution in [0.4, 0.5) is 10.1 Å². The molecule has 2 heterocycles. The van der Waals surface area contributed by atoms with Crippen molar-refractivity contribution in [3.05, 3.63) is 92.2 Å². The fourth-order valence-corrected chi connectivity index (χ4v) is 3.63. The third-order valence-corrected chi connectivity index (χ3v) is 5.26. The summed E-state index contributed by atoms with van der Waals surface area (Å²) in [5.41, 5.74) is 2.64. The number of amides is 1. The van der Waals surface area contributed by atoms with E-state index in [0.29, 0.717) is 33.5 Å². The smallest absolute Gasteiger partial charge is 0.256 e. The number of aromatic nitrogens is 3. The van der Waals surface area contributed by atoms with Gasteiger partial charge in [0.05, 0.1) is 34.2 Å². The minimum absolute atomic E-state index is 0.0451. The molecule has 4 aromatic rings. The van der Waals surface area contributed by atoms with Crippen molar-refractivity contribution in [3.63, 3.8) is 0 Å². The van der Waals surface area contributed by atoms with Crippen molar-refractivity contribution in [1.29, 1.82) is 0 Å². The highest BCUT2D eigenvalue weighted by atomic mass is 35.5. The Labute approximate surface area is 176 Å². The molecule has 8 heteroatoms. The van der Waals surface area contributed by atoms with Crippen LogP contribution in [-0.2, 0) is 6.54 Å². The third-order valence-electron chi connectivity index (χ3n) is 4.97. The Hall–Kier alpha value is -3.45. The van der Waals surface area contributed by atoms with E-state index in [4.69, 9.17) is 11.6 Å². The molecule has 0 saturated carbocycles. The van der Waals surface area contributed by atoms with Crippen LogP contribution in [0.1, 0.15) is 27.3 Å². The van der Waals surface area contributed by atoms with E-state index < -0.39 is 11.7 Å². The second kappa shape index (κ2) is 7.76. The Morgan fingerprint density at radius 1 is 1.20 bits per heavy atom. The van der Waals surface area contributed by atoms with Crippen molar-refractivity contribution in [3.8, 4) is 0 Å². The summed E-state index contributed by atoms with van der Waals surface area (Å²) in [7, 11) is 0. The van der Waals surface area contributed by atoms with Gasteiger partial charge in [-0.15, -0.1) is 0 Å². The van der Waals surface area contributed by atoms with Crippen molar-refractivity contribution in [1.82, 2.24) is 14.8 Å². The van der Waals surface area contributed by atoms with Crippen LogP contribution in [0.2, 0.25) is 5.02 Å². The van der Waals surface area contributed by atoms with Crippen LogP contribution in [0.15, 0.2) is 53.3 Å². The molecule has 0 aliphatic carbocycles. The zero-order valence-electron chi connectivity index (χ0n) is 16.3. The van der Waals surface area contributed by atoms with Gasteiger partial charge in [0.2, 0.25) is 5.56 Å². The number of anilines is 1. The van der Waals surface area contributed by atoms with Gasteiger partial charge in [-0.3, -0.25) is 14.3 Å². The minimum Gasteiger partial charge on any atom is -0.322 e. The average molecular weight is 425 g/mol. The van der Waals surface area contributed by atoms with E-state index in [2.05, 4.69) is 15.4 Å². The maximum atomic E-state index is 14.3. The van der Waals surface area contributed by atoms with Crippen LogP contribution < -0.4 is 10.9 Å². The van der Waals surface area contributed by atoms with E-state index in [9.17, 15) is 14.0 Å². The summed E-state index contributed by atoms with van der Waals surface area (Å²) in [6.07, 6.45) is 0. The van der Waals surface area contributed by atoms with Crippen LogP contribution >= 0.6 is 11.6 Å².